The second-order valence-corrected chi connectivity index (χ2v) is 8.23. The van der Waals surface area contributed by atoms with Crippen molar-refractivity contribution >= 4 is 5.97 Å². The van der Waals surface area contributed by atoms with E-state index in [-0.39, 0.29) is 12.2 Å². The van der Waals surface area contributed by atoms with Gasteiger partial charge in [0.15, 0.2) is 6.61 Å². The predicted octanol–water partition coefficient (Wildman–Crippen LogP) is 5.97. The molecular formula is C25H35NO4. The molecule has 1 aliphatic heterocycles. The Balaban J connectivity index is 2.11. The number of carboxylic acids is 1. The summed E-state index contributed by atoms with van der Waals surface area (Å²) in [6.07, 6.45) is 13.3. The standard InChI is InChI=1S/C25H35NO4/c1-5-25(14-11-9-7-6-8-10-12-16-26)15-13-21-20(4)23(29-17-22(27)28)18(2)19(3)24(21)30-25/h11,14H,5-10,12-13,15,17H2,1-4H3,(H,27,28). The zero-order chi connectivity index (χ0) is 22.1. The van der Waals surface area contributed by atoms with E-state index in [1.54, 1.807) is 0 Å². The molecule has 0 aromatic heterocycles. The minimum absolute atomic E-state index is 0.291. The van der Waals surface area contributed by atoms with Crippen molar-refractivity contribution in [2.24, 2.45) is 0 Å². The third kappa shape index (κ3) is 5.78. The topological polar surface area (TPSA) is 79.5 Å². The fraction of sp³-hybridized carbons (Fsp3) is 0.600. The van der Waals surface area contributed by atoms with Gasteiger partial charge in [0.25, 0.3) is 0 Å². The van der Waals surface area contributed by atoms with Crippen molar-refractivity contribution < 1.29 is 19.4 Å². The Bertz CT molecular complexity index is 822. The van der Waals surface area contributed by atoms with Crippen LogP contribution in [0.1, 0.15) is 80.5 Å². The molecule has 30 heavy (non-hydrogen) atoms. The van der Waals surface area contributed by atoms with E-state index in [2.05, 4.69) is 25.1 Å². The number of allylic oxidation sites excluding steroid dienone is 1. The molecule has 0 saturated carbocycles. The van der Waals surface area contributed by atoms with Crippen LogP contribution < -0.4 is 9.47 Å². The lowest BCUT2D eigenvalue weighted by Crippen LogP contribution is -2.37. The van der Waals surface area contributed by atoms with Gasteiger partial charge >= 0.3 is 5.97 Å². The number of benzene rings is 1. The second kappa shape index (κ2) is 11.1. The van der Waals surface area contributed by atoms with Crippen LogP contribution in [0, 0.1) is 32.1 Å². The van der Waals surface area contributed by atoms with Gasteiger partial charge in [-0.3, -0.25) is 0 Å². The first-order valence-corrected chi connectivity index (χ1v) is 11.1. The fourth-order valence-corrected chi connectivity index (χ4v) is 4.14. The molecule has 0 amide bonds. The van der Waals surface area contributed by atoms with Gasteiger partial charge in [0, 0.05) is 12.0 Å². The highest BCUT2D eigenvalue weighted by Crippen LogP contribution is 2.45. The monoisotopic (exact) mass is 413 g/mol. The molecule has 0 fully saturated rings. The normalized spacial score (nSPS) is 18.0. The van der Waals surface area contributed by atoms with Crippen LogP contribution in [0.25, 0.3) is 0 Å². The molecule has 1 atom stereocenters. The van der Waals surface area contributed by atoms with Gasteiger partial charge in [-0.15, -0.1) is 0 Å². The summed E-state index contributed by atoms with van der Waals surface area (Å²) < 4.78 is 12.2. The molecule has 1 heterocycles. The summed E-state index contributed by atoms with van der Waals surface area (Å²) in [4.78, 5) is 10.9. The van der Waals surface area contributed by atoms with Gasteiger partial charge in [-0.05, 0) is 82.1 Å². The van der Waals surface area contributed by atoms with Gasteiger partial charge in [0.05, 0.1) is 6.07 Å². The van der Waals surface area contributed by atoms with Crippen molar-refractivity contribution in [2.45, 2.75) is 91.1 Å². The molecule has 1 unspecified atom stereocenters. The van der Waals surface area contributed by atoms with Crippen LogP contribution in [-0.4, -0.2) is 23.3 Å². The summed E-state index contributed by atoms with van der Waals surface area (Å²) in [5, 5.41) is 17.6. The van der Waals surface area contributed by atoms with Gasteiger partial charge in [0.1, 0.15) is 17.1 Å². The van der Waals surface area contributed by atoms with Gasteiger partial charge in [-0.1, -0.05) is 25.8 Å². The molecule has 1 aromatic carbocycles. The molecule has 0 aliphatic carbocycles. The largest absolute Gasteiger partial charge is 0.483 e. The molecule has 1 aromatic rings. The quantitative estimate of drug-likeness (QED) is 0.357. The highest BCUT2D eigenvalue weighted by atomic mass is 16.5. The molecule has 1 aliphatic rings. The maximum absolute atomic E-state index is 10.9. The summed E-state index contributed by atoms with van der Waals surface area (Å²) in [5.74, 6) is 0.635. The van der Waals surface area contributed by atoms with E-state index in [0.717, 1.165) is 79.4 Å². The number of aliphatic carboxylic acids is 1. The van der Waals surface area contributed by atoms with Gasteiger partial charge < -0.3 is 14.6 Å². The highest BCUT2D eigenvalue weighted by molar-refractivity contribution is 5.69. The van der Waals surface area contributed by atoms with Crippen molar-refractivity contribution in [1.82, 2.24) is 0 Å². The third-order valence-electron chi connectivity index (χ3n) is 6.18. The maximum Gasteiger partial charge on any atom is 0.341 e. The van der Waals surface area contributed by atoms with Crippen LogP contribution in [0.3, 0.4) is 0 Å². The molecule has 0 bridgehead atoms. The minimum atomic E-state index is -0.972. The molecule has 5 nitrogen and oxygen atoms in total. The van der Waals surface area contributed by atoms with Crippen molar-refractivity contribution in [3.63, 3.8) is 0 Å². The Kier molecular flexibility index (Phi) is 8.77. The smallest absolute Gasteiger partial charge is 0.341 e. The summed E-state index contributed by atoms with van der Waals surface area (Å²) in [5.41, 5.74) is 3.80. The van der Waals surface area contributed by atoms with Crippen molar-refractivity contribution in [2.75, 3.05) is 6.61 Å². The summed E-state index contributed by atoms with van der Waals surface area (Å²) in [6, 6.07) is 2.20. The lowest BCUT2D eigenvalue weighted by molar-refractivity contribution is -0.139. The predicted molar refractivity (Wildman–Crippen MR) is 118 cm³/mol. The number of carbonyl (C=O) groups is 1. The Morgan fingerprint density at radius 2 is 1.93 bits per heavy atom. The van der Waals surface area contributed by atoms with Gasteiger partial charge in [-0.25, -0.2) is 4.79 Å². The number of hydrogen-bond donors (Lipinski definition) is 1. The number of hydrogen-bond acceptors (Lipinski definition) is 4. The average Bonchev–Trinajstić information content (AvgIpc) is 2.73. The molecule has 5 heteroatoms. The van der Waals surface area contributed by atoms with Gasteiger partial charge in [0.2, 0.25) is 0 Å². The second-order valence-electron chi connectivity index (χ2n) is 8.23. The molecule has 1 N–H and O–H groups in total. The first-order valence-electron chi connectivity index (χ1n) is 11.1. The Hall–Kier alpha value is -2.48. The Labute approximate surface area is 180 Å². The maximum atomic E-state index is 10.9. The summed E-state index contributed by atoms with van der Waals surface area (Å²) in [6.45, 7) is 7.81. The van der Waals surface area contributed by atoms with Crippen LogP contribution in [0.15, 0.2) is 12.2 Å². The van der Waals surface area contributed by atoms with E-state index in [4.69, 9.17) is 19.8 Å². The number of ether oxygens (including phenoxy) is 2. The SMILES string of the molecule is CCC1(C=CCCCCCCC#N)CCc2c(C)c(OCC(=O)O)c(C)c(C)c2O1. The zero-order valence-corrected chi connectivity index (χ0v) is 18.8. The first kappa shape index (κ1) is 23.8. The molecule has 0 spiro atoms. The lowest BCUT2D eigenvalue weighted by Gasteiger charge is -2.38. The highest BCUT2D eigenvalue weighted by Gasteiger charge is 2.35. The number of carboxylic acid groups (broad SMARTS) is 1. The van der Waals surface area contributed by atoms with E-state index in [1.807, 2.05) is 20.8 Å². The number of fused-ring (bicyclic) bond motifs is 1. The van der Waals surface area contributed by atoms with E-state index in [1.165, 1.54) is 0 Å². The van der Waals surface area contributed by atoms with Crippen LogP contribution in [0.4, 0.5) is 0 Å². The number of unbranched alkanes of at least 4 members (excludes halogenated alkanes) is 5. The molecular weight excluding hydrogens is 378 g/mol. The third-order valence-corrected chi connectivity index (χ3v) is 6.18. The number of rotatable bonds is 11. The van der Waals surface area contributed by atoms with Crippen LogP contribution >= 0.6 is 0 Å². The summed E-state index contributed by atoms with van der Waals surface area (Å²) in [7, 11) is 0. The van der Waals surface area contributed by atoms with E-state index in [9.17, 15) is 4.79 Å². The minimum Gasteiger partial charge on any atom is -0.483 e. The molecule has 0 radical (unpaired) electrons. The molecule has 164 valence electrons. The van der Waals surface area contributed by atoms with Gasteiger partial charge in [-0.2, -0.15) is 5.26 Å². The van der Waals surface area contributed by atoms with Crippen molar-refractivity contribution in [3.8, 4) is 17.6 Å². The zero-order valence-electron chi connectivity index (χ0n) is 18.8. The lowest BCUT2D eigenvalue weighted by atomic mass is 9.84. The van der Waals surface area contributed by atoms with Crippen LogP contribution in [0.2, 0.25) is 0 Å². The van der Waals surface area contributed by atoms with Crippen LogP contribution in [-0.2, 0) is 11.2 Å². The van der Waals surface area contributed by atoms with Crippen molar-refractivity contribution in [1.29, 1.82) is 5.26 Å². The van der Waals surface area contributed by atoms with E-state index in [0.29, 0.717) is 12.2 Å². The van der Waals surface area contributed by atoms with E-state index < -0.39 is 5.97 Å². The van der Waals surface area contributed by atoms with E-state index >= 15 is 0 Å². The average molecular weight is 414 g/mol. The number of nitriles is 1. The Morgan fingerprint density at radius 1 is 1.20 bits per heavy atom. The fourth-order valence-electron chi connectivity index (χ4n) is 4.14. The van der Waals surface area contributed by atoms with Crippen molar-refractivity contribution in [3.05, 3.63) is 34.4 Å². The van der Waals surface area contributed by atoms with Crippen LogP contribution in [0.5, 0.6) is 11.5 Å². The Morgan fingerprint density at radius 3 is 2.60 bits per heavy atom. The molecule has 0 saturated heterocycles. The molecule has 2 rings (SSSR count). The number of nitrogens with zero attached hydrogens (tertiary/aromatic N) is 1. The summed E-state index contributed by atoms with van der Waals surface area (Å²) >= 11 is 0. The first-order chi connectivity index (χ1) is 14.3.